The molecule has 0 unspecified atom stereocenters. The SMILES string of the molecule is CCCCCCCCCCCCCCn1cc[n+](CCCCCCC)c1CCCCCCCCCC. The van der Waals surface area contributed by atoms with Crippen molar-refractivity contribution in [1.29, 1.82) is 0 Å². The number of hydrogen-bond donors (Lipinski definition) is 0. The Morgan fingerprint density at radius 2 is 0.861 bits per heavy atom. The standard InChI is InChI=1S/C34H67N2/c1-4-7-10-13-15-17-18-19-20-22-25-28-31-36-33-32-35(30-27-24-12-9-6-3)34(36)29-26-23-21-16-14-11-8-5-2/h32-33H,4-31H2,1-3H3/q+1. The molecule has 0 N–H and O–H groups in total. The molecule has 0 aliphatic heterocycles. The molecule has 0 aliphatic carbocycles. The van der Waals surface area contributed by atoms with E-state index in [9.17, 15) is 0 Å². The van der Waals surface area contributed by atoms with Gasteiger partial charge in [0.25, 0.3) is 5.82 Å². The fourth-order valence-electron chi connectivity index (χ4n) is 5.62. The molecule has 1 aromatic heterocycles. The van der Waals surface area contributed by atoms with Crippen molar-refractivity contribution in [3.8, 4) is 0 Å². The lowest BCUT2D eigenvalue weighted by molar-refractivity contribution is -0.704. The molecule has 212 valence electrons. The highest BCUT2D eigenvalue weighted by Crippen LogP contribution is 2.14. The van der Waals surface area contributed by atoms with Gasteiger partial charge in [0.2, 0.25) is 0 Å². The summed E-state index contributed by atoms with van der Waals surface area (Å²) >= 11 is 0. The fraction of sp³-hybridized carbons (Fsp3) is 0.912. The lowest BCUT2D eigenvalue weighted by atomic mass is 10.1. The maximum atomic E-state index is 2.61. The van der Waals surface area contributed by atoms with Gasteiger partial charge in [-0.3, -0.25) is 0 Å². The van der Waals surface area contributed by atoms with Gasteiger partial charge in [0.15, 0.2) is 0 Å². The summed E-state index contributed by atoms with van der Waals surface area (Å²) < 4.78 is 5.22. The van der Waals surface area contributed by atoms with E-state index in [1.165, 1.54) is 180 Å². The highest BCUT2D eigenvalue weighted by molar-refractivity contribution is 4.84. The van der Waals surface area contributed by atoms with Gasteiger partial charge in [-0.1, -0.05) is 149 Å². The van der Waals surface area contributed by atoms with E-state index in [1.807, 2.05) is 0 Å². The Balaban J connectivity index is 2.28. The molecule has 0 spiro atoms. The lowest BCUT2D eigenvalue weighted by Gasteiger charge is -2.07. The lowest BCUT2D eigenvalue weighted by Crippen LogP contribution is -2.37. The Labute approximate surface area is 228 Å². The van der Waals surface area contributed by atoms with Crippen molar-refractivity contribution in [2.45, 2.75) is 201 Å². The summed E-state index contributed by atoms with van der Waals surface area (Å²) in [6, 6.07) is 0. The number of hydrogen-bond acceptors (Lipinski definition) is 0. The molecule has 0 fully saturated rings. The predicted molar refractivity (Wildman–Crippen MR) is 161 cm³/mol. The fourth-order valence-corrected chi connectivity index (χ4v) is 5.62. The van der Waals surface area contributed by atoms with Crippen LogP contribution >= 0.6 is 0 Å². The van der Waals surface area contributed by atoms with Crippen LogP contribution in [0.5, 0.6) is 0 Å². The molecule has 1 aromatic rings. The average Bonchev–Trinajstić information content (AvgIpc) is 3.27. The van der Waals surface area contributed by atoms with E-state index in [0.29, 0.717) is 0 Å². The third kappa shape index (κ3) is 18.5. The van der Waals surface area contributed by atoms with Crippen LogP contribution in [-0.2, 0) is 19.5 Å². The van der Waals surface area contributed by atoms with Crippen LogP contribution in [0, 0.1) is 0 Å². The summed E-state index contributed by atoms with van der Waals surface area (Å²) in [5.41, 5.74) is 0. The molecule has 1 heterocycles. The van der Waals surface area contributed by atoms with Crippen LogP contribution < -0.4 is 4.57 Å². The van der Waals surface area contributed by atoms with Crippen LogP contribution in [0.4, 0.5) is 0 Å². The van der Waals surface area contributed by atoms with E-state index in [-0.39, 0.29) is 0 Å². The quantitative estimate of drug-likeness (QED) is 0.0794. The van der Waals surface area contributed by atoms with E-state index >= 15 is 0 Å². The van der Waals surface area contributed by atoms with E-state index in [2.05, 4.69) is 42.3 Å². The van der Waals surface area contributed by atoms with Crippen molar-refractivity contribution in [2.75, 3.05) is 0 Å². The molecule has 0 saturated carbocycles. The molecule has 0 aromatic carbocycles. The minimum Gasteiger partial charge on any atom is -0.234 e. The van der Waals surface area contributed by atoms with Gasteiger partial charge in [-0.05, 0) is 32.1 Å². The first-order valence-corrected chi connectivity index (χ1v) is 16.9. The summed E-state index contributed by atoms with van der Waals surface area (Å²) in [5, 5.41) is 0. The number of unbranched alkanes of at least 4 members (excludes halogenated alkanes) is 22. The maximum Gasteiger partial charge on any atom is 0.256 e. The van der Waals surface area contributed by atoms with E-state index in [1.54, 1.807) is 5.82 Å². The molecule has 36 heavy (non-hydrogen) atoms. The van der Waals surface area contributed by atoms with Crippen LogP contribution in [0.15, 0.2) is 12.4 Å². The van der Waals surface area contributed by atoms with Gasteiger partial charge >= 0.3 is 0 Å². The number of aryl methyl sites for hydroxylation is 2. The van der Waals surface area contributed by atoms with Crippen molar-refractivity contribution in [3.63, 3.8) is 0 Å². The Kier molecular flexibility index (Phi) is 23.9. The Morgan fingerprint density at radius 1 is 0.472 bits per heavy atom. The van der Waals surface area contributed by atoms with Gasteiger partial charge in [0.05, 0.1) is 13.1 Å². The van der Waals surface area contributed by atoms with E-state index < -0.39 is 0 Å². The molecular weight excluding hydrogens is 436 g/mol. The molecule has 0 saturated heterocycles. The Hall–Kier alpha value is -0.790. The zero-order valence-electron chi connectivity index (χ0n) is 25.3. The van der Waals surface area contributed by atoms with Gasteiger partial charge in [0, 0.05) is 6.42 Å². The maximum absolute atomic E-state index is 2.61. The first kappa shape index (κ1) is 33.2. The minimum absolute atomic E-state index is 1.22. The van der Waals surface area contributed by atoms with Gasteiger partial charge < -0.3 is 0 Å². The molecule has 0 bridgehead atoms. The molecule has 0 aliphatic rings. The third-order valence-corrected chi connectivity index (χ3v) is 8.10. The topological polar surface area (TPSA) is 8.81 Å². The summed E-state index contributed by atoms with van der Waals surface area (Å²) in [4.78, 5) is 0. The van der Waals surface area contributed by atoms with Gasteiger partial charge in [-0.2, -0.15) is 0 Å². The largest absolute Gasteiger partial charge is 0.256 e. The smallest absolute Gasteiger partial charge is 0.234 e. The second-order valence-electron chi connectivity index (χ2n) is 11.6. The highest BCUT2D eigenvalue weighted by Gasteiger charge is 2.16. The zero-order valence-corrected chi connectivity index (χ0v) is 25.3. The van der Waals surface area contributed by atoms with Crippen LogP contribution in [0.2, 0.25) is 0 Å². The van der Waals surface area contributed by atoms with Crippen LogP contribution in [-0.4, -0.2) is 4.57 Å². The summed E-state index contributed by atoms with van der Waals surface area (Å²) in [7, 11) is 0. The second-order valence-corrected chi connectivity index (χ2v) is 11.6. The molecule has 0 radical (unpaired) electrons. The van der Waals surface area contributed by atoms with Crippen molar-refractivity contribution in [1.82, 2.24) is 4.57 Å². The van der Waals surface area contributed by atoms with Crippen LogP contribution in [0.1, 0.15) is 187 Å². The molecular formula is C34H67N2+. The van der Waals surface area contributed by atoms with Crippen molar-refractivity contribution < 1.29 is 4.57 Å². The first-order chi connectivity index (χ1) is 17.8. The van der Waals surface area contributed by atoms with E-state index in [4.69, 9.17) is 0 Å². The summed E-state index contributed by atoms with van der Waals surface area (Å²) in [5.74, 6) is 1.61. The summed E-state index contributed by atoms with van der Waals surface area (Å²) in [6.07, 6.45) is 41.5. The number of imidazole rings is 1. The summed E-state index contributed by atoms with van der Waals surface area (Å²) in [6.45, 7) is 9.38. The molecule has 2 heteroatoms. The number of nitrogens with zero attached hydrogens (tertiary/aromatic N) is 2. The van der Waals surface area contributed by atoms with Crippen molar-refractivity contribution in [2.24, 2.45) is 0 Å². The second kappa shape index (κ2) is 25.8. The van der Waals surface area contributed by atoms with Crippen molar-refractivity contribution >= 4 is 0 Å². The molecule has 0 amide bonds. The normalized spacial score (nSPS) is 11.5. The predicted octanol–water partition coefficient (Wildman–Crippen LogP) is 11.1. The third-order valence-electron chi connectivity index (χ3n) is 8.10. The van der Waals surface area contributed by atoms with Crippen molar-refractivity contribution in [3.05, 3.63) is 18.2 Å². The monoisotopic (exact) mass is 504 g/mol. The number of aromatic nitrogens is 2. The van der Waals surface area contributed by atoms with Crippen LogP contribution in [0.3, 0.4) is 0 Å². The van der Waals surface area contributed by atoms with E-state index in [0.717, 1.165) is 0 Å². The van der Waals surface area contributed by atoms with Gasteiger partial charge in [-0.15, -0.1) is 0 Å². The average molecular weight is 504 g/mol. The van der Waals surface area contributed by atoms with Gasteiger partial charge in [-0.25, -0.2) is 9.13 Å². The minimum atomic E-state index is 1.22. The molecule has 0 atom stereocenters. The highest BCUT2D eigenvalue weighted by atomic mass is 15.1. The van der Waals surface area contributed by atoms with Crippen LogP contribution in [0.25, 0.3) is 0 Å². The molecule has 2 nitrogen and oxygen atoms in total. The molecule has 1 rings (SSSR count). The Morgan fingerprint density at radius 3 is 1.33 bits per heavy atom. The zero-order chi connectivity index (χ0) is 25.9. The van der Waals surface area contributed by atoms with Gasteiger partial charge in [0.1, 0.15) is 12.4 Å². The first-order valence-electron chi connectivity index (χ1n) is 16.9. The Bertz CT molecular complexity index is 562. The number of rotatable bonds is 28.